The normalized spacial score (nSPS) is 10.7. The number of rotatable bonds is 1. The van der Waals surface area contributed by atoms with Gasteiger partial charge in [-0.2, -0.15) is 0 Å². The lowest BCUT2D eigenvalue weighted by Crippen LogP contribution is -1.95. The van der Waals surface area contributed by atoms with Crippen molar-refractivity contribution in [1.82, 2.24) is 9.97 Å². The minimum absolute atomic E-state index is 0.194. The third-order valence-electron chi connectivity index (χ3n) is 2.17. The third kappa shape index (κ3) is 1.51. The van der Waals surface area contributed by atoms with Crippen LogP contribution < -0.4 is 5.73 Å². The van der Waals surface area contributed by atoms with Gasteiger partial charge in [-0.3, -0.25) is 0 Å². The Labute approximate surface area is 86.9 Å². The highest BCUT2D eigenvalue weighted by Gasteiger charge is 2.03. The fourth-order valence-electron chi connectivity index (χ4n) is 1.39. The van der Waals surface area contributed by atoms with Crippen molar-refractivity contribution in [1.29, 1.82) is 0 Å². The summed E-state index contributed by atoms with van der Waals surface area (Å²) in [6.45, 7) is 2.09. The molecular formula is C10H10ClN3. The number of aryl methyl sites for hydroxylation is 1. The van der Waals surface area contributed by atoms with Crippen LogP contribution >= 0.6 is 11.6 Å². The summed E-state index contributed by atoms with van der Waals surface area (Å²) in [6, 6.07) is 5.93. The van der Waals surface area contributed by atoms with E-state index < -0.39 is 0 Å². The Balaban J connectivity index is 2.75. The van der Waals surface area contributed by atoms with Gasteiger partial charge in [0, 0.05) is 5.39 Å². The van der Waals surface area contributed by atoms with Crippen LogP contribution in [0.5, 0.6) is 0 Å². The maximum absolute atomic E-state index is 5.75. The van der Waals surface area contributed by atoms with Crippen LogP contribution in [0.2, 0.25) is 5.28 Å². The van der Waals surface area contributed by atoms with Gasteiger partial charge in [0.25, 0.3) is 0 Å². The first-order valence-electron chi connectivity index (χ1n) is 4.42. The van der Waals surface area contributed by atoms with Crippen molar-refractivity contribution in [2.75, 3.05) is 5.73 Å². The monoisotopic (exact) mass is 207 g/mol. The molecule has 3 nitrogen and oxygen atoms in total. The number of fused-ring (bicyclic) bond motifs is 1. The Bertz CT molecular complexity index is 482. The van der Waals surface area contributed by atoms with E-state index in [9.17, 15) is 0 Å². The van der Waals surface area contributed by atoms with E-state index in [4.69, 9.17) is 17.3 Å². The van der Waals surface area contributed by atoms with E-state index >= 15 is 0 Å². The number of anilines is 1. The van der Waals surface area contributed by atoms with Gasteiger partial charge in [0.2, 0.25) is 5.28 Å². The zero-order valence-electron chi connectivity index (χ0n) is 7.79. The first kappa shape index (κ1) is 9.21. The zero-order chi connectivity index (χ0) is 10.1. The maximum atomic E-state index is 5.75. The van der Waals surface area contributed by atoms with Crippen LogP contribution in [0.4, 0.5) is 5.82 Å². The number of benzene rings is 1. The molecule has 0 fully saturated rings. The highest BCUT2D eigenvalue weighted by atomic mass is 35.5. The molecule has 4 heteroatoms. The van der Waals surface area contributed by atoms with Crippen molar-refractivity contribution in [2.24, 2.45) is 0 Å². The summed E-state index contributed by atoms with van der Waals surface area (Å²) in [6.07, 6.45) is 0.970. The lowest BCUT2D eigenvalue weighted by Gasteiger charge is -2.03. The molecule has 72 valence electrons. The van der Waals surface area contributed by atoms with E-state index in [0.29, 0.717) is 5.82 Å². The molecular weight excluding hydrogens is 198 g/mol. The van der Waals surface area contributed by atoms with Gasteiger partial charge in [0.15, 0.2) is 0 Å². The summed E-state index contributed by atoms with van der Waals surface area (Å²) in [4.78, 5) is 8.00. The third-order valence-corrected chi connectivity index (χ3v) is 2.34. The van der Waals surface area contributed by atoms with Crippen LogP contribution in [0.3, 0.4) is 0 Å². The average Bonchev–Trinajstić information content (AvgIpc) is 2.17. The van der Waals surface area contributed by atoms with Crippen molar-refractivity contribution < 1.29 is 0 Å². The van der Waals surface area contributed by atoms with Crippen LogP contribution in [0.1, 0.15) is 12.5 Å². The van der Waals surface area contributed by atoms with Crippen molar-refractivity contribution in [2.45, 2.75) is 13.3 Å². The van der Waals surface area contributed by atoms with E-state index in [1.807, 2.05) is 18.2 Å². The molecule has 2 aromatic rings. The standard InChI is InChI=1S/C10H10ClN3/c1-2-6-3-4-8-7(5-6)9(12)14-10(11)13-8/h3-5H,2H2,1H3,(H2,12,13,14). The molecule has 0 saturated heterocycles. The Hall–Kier alpha value is -1.35. The number of nitrogens with zero attached hydrogens (tertiary/aromatic N) is 2. The summed E-state index contributed by atoms with van der Waals surface area (Å²) in [7, 11) is 0. The average molecular weight is 208 g/mol. The van der Waals surface area contributed by atoms with Gasteiger partial charge in [-0.1, -0.05) is 13.0 Å². The smallest absolute Gasteiger partial charge is 0.224 e. The lowest BCUT2D eigenvalue weighted by atomic mass is 10.1. The van der Waals surface area contributed by atoms with Gasteiger partial charge < -0.3 is 5.73 Å². The SMILES string of the molecule is CCc1ccc2nc(Cl)nc(N)c2c1. The topological polar surface area (TPSA) is 51.8 Å². The second-order valence-electron chi connectivity index (χ2n) is 3.08. The van der Waals surface area contributed by atoms with Gasteiger partial charge in [-0.15, -0.1) is 0 Å². The van der Waals surface area contributed by atoms with E-state index in [1.54, 1.807) is 0 Å². The van der Waals surface area contributed by atoms with E-state index in [2.05, 4.69) is 16.9 Å². The van der Waals surface area contributed by atoms with Crippen LogP contribution in [0.25, 0.3) is 10.9 Å². The van der Waals surface area contributed by atoms with E-state index in [1.165, 1.54) is 5.56 Å². The Morgan fingerprint density at radius 2 is 2.14 bits per heavy atom. The number of hydrogen-bond donors (Lipinski definition) is 1. The second kappa shape index (κ2) is 3.42. The molecule has 1 heterocycles. The summed E-state index contributed by atoms with van der Waals surface area (Å²) in [5.74, 6) is 0.440. The quantitative estimate of drug-likeness (QED) is 0.731. The van der Waals surface area contributed by atoms with E-state index in [0.717, 1.165) is 17.3 Å². The number of hydrogen-bond acceptors (Lipinski definition) is 3. The molecule has 0 saturated carbocycles. The van der Waals surface area contributed by atoms with Gasteiger partial charge in [0.1, 0.15) is 5.82 Å². The maximum Gasteiger partial charge on any atom is 0.224 e. The van der Waals surface area contributed by atoms with Gasteiger partial charge in [-0.05, 0) is 35.7 Å². The van der Waals surface area contributed by atoms with Crippen molar-refractivity contribution in [3.05, 3.63) is 29.0 Å². The van der Waals surface area contributed by atoms with Crippen molar-refractivity contribution >= 4 is 28.3 Å². The molecule has 1 aromatic carbocycles. The Morgan fingerprint density at radius 3 is 2.86 bits per heavy atom. The largest absolute Gasteiger partial charge is 0.383 e. The first-order valence-corrected chi connectivity index (χ1v) is 4.80. The molecule has 0 aliphatic carbocycles. The first-order chi connectivity index (χ1) is 6.70. The second-order valence-corrected chi connectivity index (χ2v) is 3.42. The molecule has 1 aromatic heterocycles. The van der Waals surface area contributed by atoms with E-state index in [-0.39, 0.29) is 5.28 Å². The van der Waals surface area contributed by atoms with Crippen LogP contribution in [0, 0.1) is 0 Å². The molecule has 0 aliphatic heterocycles. The summed E-state index contributed by atoms with van der Waals surface area (Å²) in [5, 5.41) is 1.06. The molecule has 0 amide bonds. The Kier molecular flexibility index (Phi) is 2.25. The molecule has 2 rings (SSSR count). The summed E-state index contributed by atoms with van der Waals surface area (Å²) >= 11 is 5.70. The molecule has 0 bridgehead atoms. The molecule has 0 radical (unpaired) electrons. The molecule has 0 spiro atoms. The minimum Gasteiger partial charge on any atom is -0.383 e. The van der Waals surface area contributed by atoms with Crippen LogP contribution in [-0.2, 0) is 6.42 Å². The minimum atomic E-state index is 0.194. The molecule has 0 aliphatic rings. The van der Waals surface area contributed by atoms with Gasteiger partial charge in [-0.25, -0.2) is 9.97 Å². The number of nitrogen functional groups attached to an aromatic ring is 1. The molecule has 2 N–H and O–H groups in total. The summed E-state index contributed by atoms with van der Waals surface area (Å²) < 4.78 is 0. The molecule has 14 heavy (non-hydrogen) atoms. The highest BCUT2D eigenvalue weighted by Crippen LogP contribution is 2.21. The van der Waals surface area contributed by atoms with Crippen LogP contribution in [-0.4, -0.2) is 9.97 Å². The van der Waals surface area contributed by atoms with Crippen molar-refractivity contribution in [3.8, 4) is 0 Å². The number of halogens is 1. The number of aromatic nitrogens is 2. The van der Waals surface area contributed by atoms with Crippen molar-refractivity contribution in [3.63, 3.8) is 0 Å². The van der Waals surface area contributed by atoms with Gasteiger partial charge >= 0.3 is 0 Å². The number of nitrogens with two attached hydrogens (primary N) is 1. The molecule has 0 unspecified atom stereocenters. The zero-order valence-corrected chi connectivity index (χ0v) is 8.54. The fourth-order valence-corrected chi connectivity index (χ4v) is 1.57. The predicted octanol–water partition coefficient (Wildman–Crippen LogP) is 2.43. The lowest BCUT2D eigenvalue weighted by molar-refractivity contribution is 1.14. The molecule has 0 atom stereocenters. The highest BCUT2D eigenvalue weighted by molar-refractivity contribution is 6.28. The predicted molar refractivity (Wildman–Crippen MR) is 58.3 cm³/mol. The van der Waals surface area contributed by atoms with Gasteiger partial charge in [0.05, 0.1) is 5.52 Å². The summed E-state index contributed by atoms with van der Waals surface area (Å²) in [5.41, 5.74) is 7.75. The van der Waals surface area contributed by atoms with Crippen LogP contribution in [0.15, 0.2) is 18.2 Å². The Morgan fingerprint density at radius 1 is 1.36 bits per heavy atom. The fraction of sp³-hybridized carbons (Fsp3) is 0.200.